The van der Waals surface area contributed by atoms with Gasteiger partial charge in [0.15, 0.2) is 11.5 Å². The van der Waals surface area contributed by atoms with E-state index in [9.17, 15) is 14.7 Å². The fraction of sp³-hybridized carbons (Fsp3) is 0.211. The second kappa shape index (κ2) is 12.5. The highest BCUT2D eigenvalue weighted by atomic mass is 16.5. The van der Waals surface area contributed by atoms with Gasteiger partial charge in [0.05, 0.1) is 31.7 Å². The largest absolute Gasteiger partial charge is 0.507 e. The van der Waals surface area contributed by atoms with Gasteiger partial charge in [0.25, 0.3) is 5.91 Å². The van der Waals surface area contributed by atoms with Gasteiger partial charge in [-0.3, -0.25) is 9.59 Å². The lowest BCUT2D eigenvalue weighted by Crippen LogP contribution is -2.41. The normalized spacial score (nSPS) is 16.1. The third-order valence-electron chi connectivity index (χ3n) is 8.65. The number of rotatable bonds is 3. The van der Waals surface area contributed by atoms with Crippen molar-refractivity contribution in [1.29, 1.82) is 0 Å². The predicted molar refractivity (Wildman–Crippen MR) is 175 cm³/mol. The number of hydrogen-bond donors (Lipinski definition) is 2. The molecule has 8 nitrogen and oxygen atoms in total. The van der Waals surface area contributed by atoms with Crippen LogP contribution in [0.5, 0.6) is 28.7 Å². The van der Waals surface area contributed by atoms with Crippen LogP contribution in [0.3, 0.4) is 0 Å². The molecule has 8 rings (SSSR count). The van der Waals surface area contributed by atoms with Crippen LogP contribution in [0.15, 0.2) is 97.1 Å². The minimum Gasteiger partial charge on any atom is -0.507 e. The van der Waals surface area contributed by atoms with Crippen LogP contribution in [0, 0.1) is 0 Å². The third-order valence-corrected chi connectivity index (χ3v) is 8.65. The number of nitrogens with zero attached hydrogens (tertiary/aromatic N) is 1. The molecular formula is C38H34N2O6. The monoisotopic (exact) mass is 614 g/mol. The number of methoxy groups -OCH3 is 1. The molecule has 0 aromatic heterocycles. The number of ether oxygens (including phenoxy) is 3. The smallest absolute Gasteiger partial charge is 0.255 e. The van der Waals surface area contributed by atoms with Crippen LogP contribution in [-0.4, -0.2) is 48.6 Å². The SMILES string of the molecule is COc1ccc2cc1OCCCNC(=O)c1cc(ccc1O)Oc1ccc3c(c1)CCN(C(=O)Cc1ccc4ccccc4c1)C23. The van der Waals surface area contributed by atoms with E-state index < -0.39 is 5.91 Å². The summed E-state index contributed by atoms with van der Waals surface area (Å²) in [5.41, 5.74) is 4.08. The van der Waals surface area contributed by atoms with Gasteiger partial charge in [-0.2, -0.15) is 0 Å². The Labute approximate surface area is 267 Å². The van der Waals surface area contributed by atoms with Gasteiger partial charge in [-0.05, 0) is 88.3 Å². The number of carbonyl (C=O) groups excluding carboxylic acids is 2. The quantitative estimate of drug-likeness (QED) is 0.239. The van der Waals surface area contributed by atoms with Crippen LogP contribution < -0.4 is 19.5 Å². The van der Waals surface area contributed by atoms with E-state index >= 15 is 0 Å². The van der Waals surface area contributed by atoms with Crippen molar-refractivity contribution in [3.8, 4) is 28.7 Å². The third kappa shape index (κ3) is 5.81. The zero-order chi connectivity index (χ0) is 31.6. The number of phenols is 1. The number of benzene rings is 5. The topological polar surface area (TPSA) is 97.3 Å². The van der Waals surface area contributed by atoms with Crippen molar-refractivity contribution in [2.24, 2.45) is 0 Å². The first-order chi connectivity index (χ1) is 22.5. The second-order valence-corrected chi connectivity index (χ2v) is 11.6. The zero-order valence-corrected chi connectivity index (χ0v) is 25.5. The van der Waals surface area contributed by atoms with Crippen molar-refractivity contribution < 1.29 is 28.9 Å². The average Bonchev–Trinajstić information content (AvgIpc) is 3.07. The first kappa shape index (κ1) is 29.2. The summed E-state index contributed by atoms with van der Waals surface area (Å²) in [6.07, 6.45) is 1.46. The highest BCUT2D eigenvalue weighted by Crippen LogP contribution is 2.41. The maximum absolute atomic E-state index is 14.1. The molecule has 8 bridgehead atoms. The molecule has 3 aliphatic heterocycles. The Morgan fingerprint density at radius 1 is 0.957 bits per heavy atom. The lowest BCUT2D eigenvalue weighted by Gasteiger charge is -2.38. The molecule has 0 saturated carbocycles. The molecule has 8 heteroatoms. The molecule has 0 aliphatic carbocycles. The van der Waals surface area contributed by atoms with Crippen molar-refractivity contribution in [1.82, 2.24) is 10.2 Å². The fourth-order valence-electron chi connectivity index (χ4n) is 6.34. The molecule has 0 radical (unpaired) electrons. The van der Waals surface area contributed by atoms with Crippen molar-refractivity contribution in [2.45, 2.75) is 25.3 Å². The maximum Gasteiger partial charge on any atom is 0.255 e. The van der Waals surface area contributed by atoms with E-state index in [1.807, 2.05) is 59.5 Å². The molecule has 3 aliphatic rings. The Morgan fingerprint density at radius 2 is 1.78 bits per heavy atom. The van der Waals surface area contributed by atoms with Crippen molar-refractivity contribution in [3.63, 3.8) is 0 Å². The number of carbonyl (C=O) groups is 2. The number of hydrogen-bond acceptors (Lipinski definition) is 6. The van der Waals surface area contributed by atoms with Gasteiger partial charge in [0.2, 0.25) is 5.91 Å². The number of amides is 2. The van der Waals surface area contributed by atoms with Crippen LogP contribution in [0.1, 0.15) is 45.1 Å². The highest BCUT2D eigenvalue weighted by molar-refractivity contribution is 5.97. The van der Waals surface area contributed by atoms with E-state index in [1.165, 1.54) is 12.1 Å². The maximum atomic E-state index is 14.1. The molecule has 5 aromatic carbocycles. The summed E-state index contributed by atoms with van der Waals surface area (Å²) >= 11 is 0. The standard InChI is InChI=1S/C38H34N2O6/c1-44-34-14-9-28-22-35(34)45-18-4-16-39-38(43)32-23-30(11-13-33(32)41)46-29-10-12-31-27(21-29)15-17-40(37(28)31)36(42)20-24-7-8-25-5-2-3-6-26(25)19-24/h2-3,5-14,19,21-23,37,41H,4,15-18,20H2,1H3,(H,39,43). The van der Waals surface area contributed by atoms with Gasteiger partial charge in [0, 0.05) is 13.1 Å². The first-order valence-electron chi connectivity index (χ1n) is 15.5. The Balaban J connectivity index is 1.28. The summed E-state index contributed by atoms with van der Waals surface area (Å²) in [5, 5.41) is 15.5. The van der Waals surface area contributed by atoms with Gasteiger partial charge in [0.1, 0.15) is 17.2 Å². The minimum absolute atomic E-state index is 0.0408. The first-order valence-corrected chi connectivity index (χ1v) is 15.5. The summed E-state index contributed by atoms with van der Waals surface area (Å²) in [4.78, 5) is 28.9. The molecule has 46 heavy (non-hydrogen) atoms. The lowest BCUT2D eigenvalue weighted by atomic mass is 9.87. The average molecular weight is 615 g/mol. The second-order valence-electron chi connectivity index (χ2n) is 11.6. The van der Waals surface area contributed by atoms with E-state index in [1.54, 1.807) is 13.2 Å². The Hall–Kier alpha value is -5.50. The highest BCUT2D eigenvalue weighted by Gasteiger charge is 2.33. The fourth-order valence-corrected chi connectivity index (χ4v) is 6.34. The van der Waals surface area contributed by atoms with E-state index in [0.717, 1.165) is 33.0 Å². The molecule has 2 amide bonds. The molecule has 2 N–H and O–H groups in total. The summed E-state index contributed by atoms with van der Waals surface area (Å²) in [7, 11) is 1.60. The Kier molecular flexibility index (Phi) is 7.93. The number of aromatic hydroxyl groups is 1. The summed E-state index contributed by atoms with van der Waals surface area (Å²) < 4.78 is 18.0. The Morgan fingerprint density at radius 3 is 2.65 bits per heavy atom. The molecule has 0 saturated heterocycles. The van der Waals surface area contributed by atoms with E-state index in [2.05, 4.69) is 29.6 Å². The van der Waals surface area contributed by atoms with Crippen LogP contribution >= 0.6 is 0 Å². The van der Waals surface area contributed by atoms with E-state index in [0.29, 0.717) is 55.5 Å². The predicted octanol–water partition coefficient (Wildman–Crippen LogP) is 6.58. The van der Waals surface area contributed by atoms with Crippen LogP contribution in [0.25, 0.3) is 10.8 Å². The van der Waals surface area contributed by atoms with Crippen LogP contribution in [0.4, 0.5) is 0 Å². The van der Waals surface area contributed by atoms with Gasteiger partial charge in [-0.1, -0.05) is 54.6 Å². The number of phenolic OH excluding ortho intramolecular Hbond substituents is 1. The van der Waals surface area contributed by atoms with Gasteiger partial charge in [-0.25, -0.2) is 0 Å². The summed E-state index contributed by atoms with van der Waals surface area (Å²) in [6.45, 7) is 1.19. The molecule has 0 spiro atoms. The van der Waals surface area contributed by atoms with Crippen molar-refractivity contribution in [2.75, 3.05) is 26.8 Å². The molecule has 1 unspecified atom stereocenters. The van der Waals surface area contributed by atoms with Gasteiger partial charge < -0.3 is 29.5 Å². The van der Waals surface area contributed by atoms with Crippen molar-refractivity contribution in [3.05, 3.63) is 125 Å². The molecule has 3 heterocycles. The molecule has 5 aromatic rings. The zero-order valence-electron chi connectivity index (χ0n) is 25.5. The summed E-state index contributed by atoms with van der Waals surface area (Å²) in [6, 6.07) is 30.3. The van der Waals surface area contributed by atoms with Gasteiger partial charge >= 0.3 is 0 Å². The number of fused-ring (bicyclic) bond motifs is 7. The molecular weight excluding hydrogens is 580 g/mol. The molecule has 0 fully saturated rings. The van der Waals surface area contributed by atoms with E-state index in [-0.39, 0.29) is 29.7 Å². The van der Waals surface area contributed by atoms with Gasteiger partial charge in [-0.15, -0.1) is 0 Å². The van der Waals surface area contributed by atoms with Crippen LogP contribution in [0.2, 0.25) is 0 Å². The molecule has 1 atom stereocenters. The Bertz CT molecular complexity index is 1950. The van der Waals surface area contributed by atoms with Crippen LogP contribution in [-0.2, 0) is 17.6 Å². The van der Waals surface area contributed by atoms with E-state index in [4.69, 9.17) is 14.2 Å². The number of nitrogens with one attached hydrogen (secondary N) is 1. The minimum atomic E-state index is -0.398. The lowest BCUT2D eigenvalue weighted by molar-refractivity contribution is -0.132. The summed E-state index contributed by atoms with van der Waals surface area (Å²) in [5.74, 6) is 1.70. The van der Waals surface area contributed by atoms with Crippen molar-refractivity contribution >= 4 is 22.6 Å². The molecule has 232 valence electrons.